The Morgan fingerprint density at radius 3 is 2.47 bits per heavy atom. The lowest BCUT2D eigenvalue weighted by Gasteiger charge is -2.22. The van der Waals surface area contributed by atoms with Crippen molar-refractivity contribution >= 4 is 11.6 Å². The highest BCUT2D eigenvalue weighted by Gasteiger charge is 2.27. The molecule has 0 aromatic carbocycles. The van der Waals surface area contributed by atoms with Gasteiger partial charge >= 0.3 is 6.18 Å². The van der Waals surface area contributed by atoms with Gasteiger partial charge in [-0.15, -0.1) is 11.6 Å². The van der Waals surface area contributed by atoms with Gasteiger partial charge in [0.15, 0.2) is 0 Å². The molecule has 0 radical (unpaired) electrons. The average molecular weight is 248 g/mol. The summed E-state index contributed by atoms with van der Waals surface area (Å²) in [5.74, 6) is 0.514. The van der Waals surface area contributed by atoms with Crippen LogP contribution in [0.3, 0.4) is 0 Å². The van der Waals surface area contributed by atoms with Gasteiger partial charge in [-0.1, -0.05) is 0 Å². The molecule has 0 N–H and O–H groups in total. The zero-order chi connectivity index (χ0) is 11.9. The van der Waals surface area contributed by atoms with Crippen LogP contribution in [0.4, 0.5) is 13.2 Å². The van der Waals surface area contributed by atoms with E-state index in [1.807, 2.05) is 18.9 Å². The third-order valence-electron chi connectivity index (χ3n) is 2.04. The normalized spacial score (nSPS) is 14.6. The van der Waals surface area contributed by atoms with Crippen LogP contribution in [-0.2, 0) is 4.74 Å². The molecular weight excluding hydrogens is 231 g/mol. The van der Waals surface area contributed by atoms with E-state index >= 15 is 0 Å². The molecule has 0 saturated carbocycles. The quantitative estimate of drug-likeness (QED) is 0.506. The van der Waals surface area contributed by atoms with Crippen molar-refractivity contribution in [1.29, 1.82) is 0 Å². The van der Waals surface area contributed by atoms with E-state index in [4.69, 9.17) is 11.6 Å². The molecule has 6 heteroatoms. The molecule has 0 bridgehead atoms. The topological polar surface area (TPSA) is 12.5 Å². The van der Waals surface area contributed by atoms with Gasteiger partial charge < -0.3 is 9.64 Å². The van der Waals surface area contributed by atoms with Crippen LogP contribution in [0.5, 0.6) is 0 Å². The molecule has 0 amide bonds. The third-order valence-corrected chi connectivity index (χ3v) is 2.49. The second kappa shape index (κ2) is 7.30. The summed E-state index contributed by atoms with van der Waals surface area (Å²) >= 11 is 5.63. The summed E-state index contributed by atoms with van der Waals surface area (Å²) in [6.07, 6.45) is -3.65. The van der Waals surface area contributed by atoms with E-state index in [0.717, 1.165) is 0 Å². The van der Waals surface area contributed by atoms with E-state index in [-0.39, 0.29) is 12.6 Å². The van der Waals surface area contributed by atoms with E-state index in [9.17, 15) is 13.2 Å². The first-order chi connectivity index (χ1) is 6.87. The zero-order valence-electron chi connectivity index (χ0n) is 8.98. The molecule has 0 saturated heterocycles. The lowest BCUT2D eigenvalue weighted by atomic mass is 10.3. The van der Waals surface area contributed by atoms with Crippen LogP contribution < -0.4 is 0 Å². The number of alkyl halides is 4. The Hall–Kier alpha value is -0.0000000000000000555. The van der Waals surface area contributed by atoms with Crippen molar-refractivity contribution < 1.29 is 17.9 Å². The maximum Gasteiger partial charge on any atom is 0.411 e. The van der Waals surface area contributed by atoms with Gasteiger partial charge in [-0.2, -0.15) is 13.2 Å². The standard InChI is InChI=1S/C9H17ClF3NO/c1-8(6-10)14(2)4-3-5-15-7-9(11,12)13/h8H,3-7H2,1-2H3. The van der Waals surface area contributed by atoms with E-state index in [1.54, 1.807) is 0 Å². The van der Waals surface area contributed by atoms with Crippen molar-refractivity contribution in [1.82, 2.24) is 4.90 Å². The summed E-state index contributed by atoms with van der Waals surface area (Å²) in [6, 6.07) is 0.231. The molecule has 0 aliphatic carbocycles. The molecule has 2 nitrogen and oxygen atoms in total. The van der Waals surface area contributed by atoms with Crippen molar-refractivity contribution in [3.8, 4) is 0 Å². The maximum absolute atomic E-state index is 11.7. The molecule has 1 unspecified atom stereocenters. The minimum atomic E-state index is -4.23. The molecular formula is C9H17ClF3NO. The monoisotopic (exact) mass is 247 g/mol. The van der Waals surface area contributed by atoms with Gasteiger partial charge in [-0.25, -0.2) is 0 Å². The molecule has 0 rings (SSSR count). The number of ether oxygens (including phenoxy) is 1. The fraction of sp³-hybridized carbons (Fsp3) is 1.00. The largest absolute Gasteiger partial charge is 0.411 e. The summed E-state index contributed by atoms with van der Waals surface area (Å²) in [5.41, 5.74) is 0. The van der Waals surface area contributed by atoms with Gasteiger partial charge in [0, 0.05) is 25.1 Å². The van der Waals surface area contributed by atoms with E-state index in [2.05, 4.69) is 4.74 Å². The van der Waals surface area contributed by atoms with Gasteiger partial charge in [0.25, 0.3) is 0 Å². The molecule has 0 aromatic rings. The van der Waals surface area contributed by atoms with Gasteiger partial charge in [-0.05, 0) is 20.4 Å². The summed E-state index contributed by atoms with van der Waals surface area (Å²) in [6.45, 7) is 1.61. The van der Waals surface area contributed by atoms with E-state index in [1.165, 1.54) is 0 Å². The van der Waals surface area contributed by atoms with Crippen molar-refractivity contribution in [2.45, 2.75) is 25.6 Å². The lowest BCUT2D eigenvalue weighted by molar-refractivity contribution is -0.174. The Bertz CT molecular complexity index is 166. The summed E-state index contributed by atoms with van der Waals surface area (Å²) in [7, 11) is 1.89. The SMILES string of the molecule is CC(CCl)N(C)CCCOCC(F)(F)F. The number of halogens is 4. The van der Waals surface area contributed by atoms with Crippen molar-refractivity contribution in [3.63, 3.8) is 0 Å². The molecule has 0 aromatic heterocycles. The van der Waals surface area contributed by atoms with Crippen LogP contribution in [0.25, 0.3) is 0 Å². The first-order valence-corrected chi connectivity index (χ1v) is 5.31. The Kier molecular flexibility index (Phi) is 7.30. The molecule has 1 atom stereocenters. The maximum atomic E-state index is 11.7. The highest BCUT2D eigenvalue weighted by molar-refractivity contribution is 6.18. The Balaban J connectivity index is 3.39. The van der Waals surface area contributed by atoms with Crippen LogP contribution in [-0.4, -0.2) is 49.8 Å². The molecule has 0 aliphatic rings. The minimum absolute atomic E-state index is 0.124. The number of hydrogen-bond donors (Lipinski definition) is 0. The number of rotatable bonds is 7. The molecule has 0 spiro atoms. The van der Waals surface area contributed by atoms with Gasteiger partial charge in [0.05, 0.1) is 0 Å². The number of nitrogens with zero attached hydrogens (tertiary/aromatic N) is 1. The smallest absolute Gasteiger partial charge is 0.372 e. The zero-order valence-corrected chi connectivity index (χ0v) is 9.74. The summed E-state index contributed by atoms with van der Waals surface area (Å²) < 4.78 is 39.5. The Labute approximate surface area is 93.3 Å². The molecule has 0 fully saturated rings. The van der Waals surface area contributed by atoms with Gasteiger partial charge in [0.2, 0.25) is 0 Å². The van der Waals surface area contributed by atoms with Crippen molar-refractivity contribution in [2.24, 2.45) is 0 Å². The fourth-order valence-electron chi connectivity index (χ4n) is 0.942. The van der Waals surface area contributed by atoms with E-state index < -0.39 is 12.8 Å². The Morgan fingerprint density at radius 2 is 2.00 bits per heavy atom. The van der Waals surface area contributed by atoms with Crippen molar-refractivity contribution in [2.75, 3.05) is 32.7 Å². The third kappa shape index (κ3) is 8.96. The molecule has 0 heterocycles. The minimum Gasteiger partial charge on any atom is -0.372 e. The molecule has 0 aliphatic heterocycles. The highest BCUT2D eigenvalue weighted by Crippen LogP contribution is 2.14. The number of hydrogen-bond acceptors (Lipinski definition) is 2. The Morgan fingerprint density at radius 1 is 1.40 bits per heavy atom. The average Bonchev–Trinajstić information content (AvgIpc) is 2.14. The van der Waals surface area contributed by atoms with Crippen LogP contribution in [0, 0.1) is 0 Å². The first-order valence-electron chi connectivity index (χ1n) is 4.77. The fourth-order valence-corrected chi connectivity index (χ4v) is 1.18. The highest BCUT2D eigenvalue weighted by atomic mass is 35.5. The van der Waals surface area contributed by atoms with Gasteiger partial charge in [-0.3, -0.25) is 0 Å². The van der Waals surface area contributed by atoms with Gasteiger partial charge in [0.1, 0.15) is 6.61 Å². The van der Waals surface area contributed by atoms with Crippen LogP contribution in [0.15, 0.2) is 0 Å². The predicted molar refractivity (Wildman–Crippen MR) is 54.3 cm³/mol. The van der Waals surface area contributed by atoms with Crippen LogP contribution in [0.2, 0.25) is 0 Å². The van der Waals surface area contributed by atoms with E-state index in [0.29, 0.717) is 18.8 Å². The second-order valence-corrected chi connectivity index (χ2v) is 3.81. The molecule has 15 heavy (non-hydrogen) atoms. The van der Waals surface area contributed by atoms with Crippen molar-refractivity contribution in [3.05, 3.63) is 0 Å². The van der Waals surface area contributed by atoms with Crippen LogP contribution in [0.1, 0.15) is 13.3 Å². The first kappa shape index (κ1) is 15.0. The predicted octanol–water partition coefficient (Wildman–Crippen LogP) is 2.51. The lowest BCUT2D eigenvalue weighted by Crippen LogP contribution is -2.32. The summed E-state index contributed by atoms with van der Waals surface area (Å²) in [4.78, 5) is 1.99. The summed E-state index contributed by atoms with van der Waals surface area (Å²) in [5, 5.41) is 0. The molecule has 92 valence electrons. The second-order valence-electron chi connectivity index (χ2n) is 3.51. The van der Waals surface area contributed by atoms with Crippen LogP contribution >= 0.6 is 11.6 Å².